The molecule has 0 bridgehead atoms. The molecule has 7 rings (SSSR count). The molecule has 2 aromatic heterocycles. The van der Waals surface area contributed by atoms with Crippen molar-refractivity contribution in [3.05, 3.63) is 52.9 Å². The number of hydrogen-bond acceptors (Lipinski definition) is 6. The summed E-state index contributed by atoms with van der Waals surface area (Å²) >= 11 is 5.99. The number of nitrogens with zero attached hydrogens (tertiary/aromatic N) is 5. The first-order valence-corrected chi connectivity index (χ1v) is 15.1. The molecule has 0 spiro atoms. The molecule has 8 nitrogen and oxygen atoms in total. The molecule has 1 N–H and O–H groups in total. The van der Waals surface area contributed by atoms with E-state index in [1.165, 1.54) is 48.4 Å². The van der Waals surface area contributed by atoms with Gasteiger partial charge in [-0.15, -0.1) is 0 Å². The fraction of sp³-hybridized carbons (Fsp3) is 0.567. The van der Waals surface area contributed by atoms with Gasteiger partial charge in [-0.1, -0.05) is 23.7 Å². The lowest BCUT2D eigenvalue weighted by atomic mass is 9.87. The number of alkyl halides is 5. The minimum Gasteiger partial charge on any atom is -0.381 e. The zero-order valence-corrected chi connectivity index (χ0v) is 24.9. The summed E-state index contributed by atoms with van der Waals surface area (Å²) in [4.78, 5) is 21.1. The fourth-order valence-corrected chi connectivity index (χ4v) is 7.43. The zero-order chi connectivity index (χ0) is 31.2. The van der Waals surface area contributed by atoms with Crippen LogP contribution in [-0.2, 0) is 14.9 Å². The van der Waals surface area contributed by atoms with Crippen LogP contribution in [0.4, 0.5) is 33.3 Å². The monoisotopic (exact) mass is 638 g/mol. The third-order valence-electron chi connectivity index (χ3n) is 10.2. The van der Waals surface area contributed by atoms with Crippen molar-refractivity contribution < 1.29 is 31.5 Å². The van der Waals surface area contributed by atoms with Gasteiger partial charge in [0.05, 0.1) is 23.5 Å². The Hall–Kier alpha value is -3.03. The number of anilines is 2. The molecule has 14 heteroatoms. The van der Waals surface area contributed by atoms with Crippen LogP contribution in [0.1, 0.15) is 43.9 Å². The molecule has 236 valence electrons. The molecule has 1 aliphatic carbocycles. The van der Waals surface area contributed by atoms with Gasteiger partial charge in [0.2, 0.25) is 5.91 Å². The number of benzene rings is 1. The maximum absolute atomic E-state index is 15.2. The standard InChI is InChI=1S/C30H32ClF5N6O2/c1-27(30(34,35)36)16-41(21-13-37-23-11-22(31)39-42(23)25(21)27)20-5-3-18(4-6-20)24-28(2,29(24,32)33)26(43)38-12-17-14-40(15-17)19-7-9-44-10-8-19/h3-6,11,13,17,19,24H,7-10,12,14-16H2,1-2H3,(H,38,43)/t24-,27-,28+/m1/s1. The highest BCUT2D eigenvalue weighted by Crippen LogP contribution is 2.71. The van der Waals surface area contributed by atoms with Gasteiger partial charge in [0, 0.05) is 63.1 Å². The largest absolute Gasteiger partial charge is 0.401 e. The van der Waals surface area contributed by atoms with E-state index in [9.17, 15) is 18.0 Å². The Morgan fingerprint density at radius 1 is 1.14 bits per heavy atom. The second-order valence-corrected chi connectivity index (χ2v) is 13.3. The molecule has 2 saturated heterocycles. The van der Waals surface area contributed by atoms with E-state index in [4.69, 9.17) is 16.3 Å². The van der Waals surface area contributed by atoms with Crippen LogP contribution >= 0.6 is 11.6 Å². The molecular weight excluding hydrogens is 607 g/mol. The normalized spacial score (nSPS) is 29.1. The molecule has 4 aliphatic rings. The van der Waals surface area contributed by atoms with E-state index >= 15 is 8.78 Å². The number of fused-ring (bicyclic) bond motifs is 3. The van der Waals surface area contributed by atoms with Gasteiger partial charge < -0.3 is 15.0 Å². The second kappa shape index (κ2) is 9.98. The van der Waals surface area contributed by atoms with Crippen molar-refractivity contribution in [2.75, 3.05) is 44.3 Å². The quantitative estimate of drug-likeness (QED) is 0.369. The van der Waals surface area contributed by atoms with E-state index in [-0.39, 0.29) is 33.7 Å². The minimum absolute atomic E-state index is 0.0142. The predicted octanol–water partition coefficient (Wildman–Crippen LogP) is 5.32. The molecule has 3 aromatic rings. The van der Waals surface area contributed by atoms with Crippen molar-refractivity contribution in [1.29, 1.82) is 0 Å². The summed E-state index contributed by atoms with van der Waals surface area (Å²) in [5.41, 5.74) is -3.33. The van der Waals surface area contributed by atoms with Crippen LogP contribution in [0.2, 0.25) is 5.15 Å². The summed E-state index contributed by atoms with van der Waals surface area (Å²) in [5, 5.41) is 6.82. The Labute approximate surface area is 255 Å². The van der Waals surface area contributed by atoms with Gasteiger partial charge in [0.15, 0.2) is 10.8 Å². The Balaban J connectivity index is 1.07. The van der Waals surface area contributed by atoms with Gasteiger partial charge in [-0.3, -0.25) is 9.69 Å². The van der Waals surface area contributed by atoms with E-state index in [2.05, 4.69) is 20.3 Å². The predicted molar refractivity (Wildman–Crippen MR) is 153 cm³/mol. The highest BCUT2D eigenvalue weighted by Gasteiger charge is 2.82. The Morgan fingerprint density at radius 2 is 1.82 bits per heavy atom. The minimum atomic E-state index is -4.63. The van der Waals surface area contributed by atoms with Crippen molar-refractivity contribution >= 4 is 34.5 Å². The summed E-state index contributed by atoms with van der Waals surface area (Å²) in [5.74, 6) is -5.09. The Kier molecular flexibility index (Phi) is 6.73. The van der Waals surface area contributed by atoms with Gasteiger partial charge in [0.25, 0.3) is 5.92 Å². The van der Waals surface area contributed by atoms with Crippen LogP contribution in [0.5, 0.6) is 0 Å². The molecule has 0 unspecified atom stereocenters. The third kappa shape index (κ3) is 4.33. The van der Waals surface area contributed by atoms with Gasteiger partial charge in [0.1, 0.15) is 10.8 Å². The molecular formula is C30H32ClF5N6O2. The van der Waals surface area contributed by atoms with E-state index in [0.29, 0.717) is 18.3 Å². The number of aromatic nitrogens is 3. The average Bonchev–Trinajstić information content (AvgIpc) is 3.23. The van der Waals surface area contributed by atoms with Gasteiger partial charge in [-0.05, 0) is 44.4 Å². The van der Waals surface area contributed by atoms with Crippen LogP contribution in [0.3, 0.4) is 0 Å². The SMILES string of the molecule is C[C@@]1(C(F)(F)F)CN(c2ccc([C@H]3C(F)(F)[C@]3(C)C(=O)NCC3CN(C4CCOCC4)C3)cc2)c2cnc3cc(Cl)nn3c21. The Bertz CT molecular complexity index is 1600. The highest BCUT2D eigenvalue weighted by atomic mass is 35.5. The fourth-order valence-electron chi connectivity index (χ4n) is 7.25. The number of likely N-dealkylation sites (tertiary alicyclic amines) is 1. The van der Waals surface area contributed by atoms with Crippen LogP contribution in [0, 0.1) is 11.3 Å². The lowest BCUT2D eigenvalue weighted by Gasteiger charge is -2.45. The van der Waals surface area contributed by atoms with Crippen LogP contribution < -0.4 is 10.2 Å². The summed E-state index contributed by atoms with van der Waals surface area (Å²) in [6.07, 6.45) is -1.32. The van der Waals surface area contributed by atoms with E-state index in [1.54, 1.807) is 0 Å². The average molecular weight is 639 g/mol. The number of rotatable bonds is 6. The molecule has 1 amide bonds. The first-order chi connectivity index (χ1) is 20.8. The Morgan fingerprint density at radius 3 is 2.48 bits per heavy atom. The number of carbonyl (C=O) groups is 1. The van der Waals surface area contributed by atoms with Crippen molar-refractivity contribution in [3.8, 4) is 0 Å². The van der Waals surface area contributed by atoms with E-state index in [0.717, 1.165) is 50.6 Å². The first kappa shape index (κ1) is 29.7. The zero-order valence-electron chi connectivity index (χ0n) is 24.2. The number of halogens is 6. The van der Waals surface area contributed by atoms with Gasteiger partial charge >= 0.3 is 6.18 Å². The summed E-state index contributed by atoms with van der Waals surface area (Å²) < 4.78 is 80.4. The summed E-state index contributed by atoms with van der Waals surface area (Å²) in [7, 11) is 0. The summed E-state index contributed by atoms with van der Waals surface area (Å²) in [6, 6.07) is 7.80. The topological polar surface area (TPSA) is 75.0 Å². The van der Waals surface area contributed by atoms with Crippen molar-refractivity contribution in [2.24, 2.45) is 11.3 Å². The number of carbonyl (C=O) groups excluding carboxylic acids is 1. The van der Waals surface area contributed by atoms with Crippen LogP contribution in [-0.4, -0.2) is 82.9 Å². The maximum atomic E-state index is 15.2. The van der Waals surface area contributed by atoms with Gasteiger partial charge in [-0.25, -0.2) is 18.3 Å². The third-order valence-corrected chi connectivity index (χ3v) is 10.3. The number of amides is 1. The maximum Gasteiger partial charge on any atom is 0.401 e. The molecule has 5 heterocycles. The molecule has 0 radical (unpaired) electrons. The first-order valence-electron chi connectivity index (χ1n) is 14.7. The number of hydrogen-bond donors (Lipinski definition) is 1. The smallest absolute Gasteiger partial charge is 0.381 e. The molecule has 3 atom stereocenters. The second-order valence-electron chi connectivity index (χ2n) is 12.9. The molecule has 1 saturated carbocycles. The van der Waals surface area contributed by atoms with Crippen LogP contribution in [0.25, 0.3) is 5.65 Å². The van der Waals surface area contributed by atoms with Gasteiger partial charge in [-0.2, -0.15) is 18.3 Å². The lowest BCUT2D eigenvalue weighted by Crippen LogP contribution is -2.56. The van der Waals surface area contributed by atoms with E-state index < -0.39 is 41.3 Å². The highest BCUT2D eigenvalue weighted by molar-refractivity contribution is 6.29. The van der Waals surface area contributed by atoms with Crippen LogP contribution in [0.15, 0.2) is 36.5 Å². The lowest BCUT2D eigenvalue weighted by molar-refractivity contribution is -0.181. The van der Waals surface area contributed by atoms with E-state index in [1.807, 2.05) is 0 Å². The number of nitrogens with one attached hydrogen (secondary N) is 1. The molecule has 3 aliphatic heterocycles. The van der Waals surface area contributed by atoms with Crippen molar-refractivity contribution in [3.63, 3.8) is 0 Å². The van der Waals surface area contributed by atoms with Crippen molar-refractivity contribution in [2.45, 2.75) is 56.2 Å². The molecule has 1 aromatic carbocycles. The number of ether oxygens (including phenoxy) is 1. The van der Waals surface area contributed by atoms with Crippen molar-refractivity contribution in [1.82, 2.24) is 24.8 Å². The molecule has 44 heavy (non-hydrogen) atoms. The molecule has 3 fully saturated rings. The summed E-state index contributed by atoms with van der Waals surface area (Å²) in [6.45, 7) is 5.38.